The third-order valence-corrected chi connectivity index (χ3v) is 12.5. The highest BCUT2D eigenvalue weighted by atomic mass is 32.2. The normalized spacial score (nSPS) is 13.7. The number of aromatic nitrogens is 3. The van der Waals surface area contributed by atoms with Gasteiger partial charge in [0.15, 0.2) is 10.3 Å². The van der Waals surface area contributed by atoms with Crippen LogP contribution >= 0.6 is 23.5 Å². The van der Waals surface area contributed by atoms with E-state index < -0.39 is 17.6 Å². The average molecular weight is 833 g/mol. The van der Waals surface area contributed by atoms with Crippen LogP contribution in [-0.4, -0.2) is 75.7 Å². The molecule has 0 amide bonds. The molecule has 1 aliphatic rings. The Hall–Kier alpha value is -5.65. The van der Waals surface area contributed by atoms with E-state index >= 15 is 0 Å². The van der Waals surface area contributed by atoms with Crippen molar-refractivity contribution < 1.29 is 19.7 Å². The van der Waals surface area contributed by atoms with E-state index in [4.69, 9.17) is 9.47 Å². The molecule has 2 unspecified atom stereocenters. The Balaban J connectivity index is 1.06. The predicted octanol–water partition coefficient (Wildman–Crippen LogP) is 10.1. The number of hydrogen-bond donors (Lipinski definition) is 2. The predicted molar refractivity (Wildman–Crippen MR) is 247 cm³/mol. The molecule has 8 nitrogen and oxygen atoms in total. The minimum Gasteiger partial charge on any atom is -0.491 e. The van der Waals surface area contributed by atoms with E-state index in [1.54, 1.807) is 12.2 Å². The first-order chi connectivity index (χ1) is 29.3. The summed E-state index contributed by atoms with van der Waals surface area (Å²) >= 11 is 2.82. The van der Waals surface area contributed by atoms with Crippen molar-refractivity contribution in [3.8, 4) is 22.6 Å². The van der Waals surface area contributed by atoms with E-state index in [9.17, 15) is 10.2 Å². The summed E-state index contributed by atoms with van der Waals surface area (Å²) in [7, 11) is 0. The van der Waals surface area contributed by atoms with Crippen molar-refractivity contribution in [1.82, 2.24) is 15.0 Å². The first-order valence-electron chi connectivity index (χ1n) is 20.1. The number of hydrogen-bond acceptors (Lipinski definition) is 10. The number of anilines is 1. The van der Waals surface area contributed by atoms with Crippen LogP contribution in [0.5, 0.6) is 11.5 Å². The molecule has 0 saturated heterocycles. The summed E-state index contributed by atoms with van der Waals surface area (Å²) in [6, 6.07) is 43.2. The van der Waals surface area contributed by atoms with Gasteiger partial charge in [0.25, 0.3) is 0 Å². The lowest BCUT2D eigenvalue weighted by molar-refractivity contribution is 0.104. The van der Waals surface area contributed by atoms with Gasteiger partial charge in [-0.25, -0.2) is 0 Å². The summed E-state index contributed by atoms with van der Waals surface area (Å²) in [5.41, 5.74) is 6.73. The standard InChI is InChI=1S/C50H48N4O4S2/c1-5-24-54(25-6-2)47-51-48(59-4)53-49(52-47)60-32-40(56)31-58-42-23-19-34-27-38(21-17-36(34)29-42)50(45-14-10-8-12-43(45)44-13-9-11-15-46(44)50)37-20-16-35-28-41(22-18-33(35)26-37)57-30-39(55)7-3/h5-6,8-23,26-29,39-40,55-56H,1-2,7,24-25,30-32H2,3-4H3. The fraction of sp³-hybridized carbons (Fsp3) is 0.220. The Morgan fingerprint density at radius 2 is 1.15 bits per heavy atom. The summed E-state index contributed by atoms with van der Waals surface area (Å²) < 4.78 is 12.1. The number of thioether (sulfide) groups is 2. The number of nitrogens with zero attached hydrogens (tertiary/aromatic N) is 4. The fourth-order valence-electron chi connectivity index (χ4n) is 8.01. The van der Waals surface area contributed by atoms with Gasteiger partial charge in [-0.1, -0.05) is 128 Å². The Morgan fingerprint density at radius 3 is 1.68 bits per heavy atom. The number of rotatable bonds is 18. The maximum absolute atomic E-state index is 11.0. The zero-order valence-corrected chi connectivity index (χ0v) is 35.5. The Bertz CT molecular complexity index is 2620. The molecule has 6 aromatic carbocycles. The molecular formula is C50H48N4O4S2. The highest BCUT2D eigenvalue weighted by Gasteiger charge is 2.46. The fourth-order valence-corrected chi connectivity index (χ4v) is 9.16. The van der Waals surface area contributed by atoms with Crippen LogP contribution in [0.25, 0.3) is 32.7 Å². The molecule has 0 spiro atoms. The van der Waals surface area contributed by atoms with Gasteiger partial charge in [0.2, 0.25) is 5.95 Å². The lowest BCUT2D eigenvalue weighted by Gasteiger charge is -2.34. The molecular weight excluding hydrogens is 785 g/mol. The minimum atomic E-state index is -0.749. The van der Waals surface area contributed by atoms with Crippen molar-refractivity contribution in [3.63, 3.8) is 0 Å². The molecule has 0 aliphatic heterocycles. The highest BCUT2D eigenvalue weighted by Crippen LogP contribution is 2.56. The first kappa shape index (κ1) is 41.1. The molecule has 0 bridgehead atoms. The summed E-state index contributed by atoms with van der Waals surface area (Å²) in [6.45, 7) is 11.2. The SMILES string of the molecule is C=CCN(CC=C)c1nc(SC)nc(SCC(O)COc2ccc3cc(C4(c5ccc6cc(OCC(O)CC)ccc6c5)c5ccccc5-c5ccccc54)ccc3c2)n1. The van der Waals surface area contributed by atoms with Crippen LogP contribution in [-0.2, 0) is 5.41 Å². The van der Waals surface area contributed by atoms with Gasteiger partial charge in [-0.2, -0.15) is 15.0 Å². The van der Waals surface area contributed by atoms with Gasteiger partial charge < -0.3 is 24.6 Å². The molecule has 8 rings (SSSR count). The van der Waals surface area contributed by atoms with Crippen LogP contribution < -0.4 is 14.4 Å². The average Bonchev–Trinajstić information content (AvgIpc) is 3.59. The quantitative estimate of drug-likeness (QED) is 0.0642. The molecule has 1 aliphatic carbocycles. The van der Waals surface area contributed by atoms with Gasteiger partial charge in [-0.05, 0) is 104 Å². The van der Waals surface area contributed by atoms with Gasteiger partial charge >= 0.3 is 0 Å². The molecule has 1 heterocycles. The molecule has 304 valence electrons. The van der Waals surface area contributed by atoms with Crippen molar-refractivity contribution in [3.05, 3.63) is 169 Å². The van der Waals surface area contributed by atoms with Crippen LogP contribution in [0.1, 0.15) is 35.6 Å². The second-order valence-electron chi connectivity index (χ2n) is 14.8. The molecule has 0 saturated carbocycles. The first-order valence-corrected chi connectivity index (χ1v) is 22.3. The van der Waals surface area contributed by atoms with Gasteiger partial charge in [0, 0.05) is 18.8 Å². The molecule has 2 N–H and O–H groups in total. The number of fused-ring (bicyclic) bond motifs is 5. The van der Waals surface area contributed by atoms with Crippen molar-refractivity contribution in [1.29, 1.82) is 0 Å². The second-order valence-corrected chi connectivity index (χ2v) is 16.6. The summed E-state index contributed by atoms with van der Waals surface area (Å²) in [5, 5.41) is 26.5. The number of benzene rings is 6. The van der Waals surface area contributed by atoms with Crippen LogP contribution in [0, 0.1) is 0 Å². The zero-order chi connectivity index (χ0) is 41.6. The van der Waals surface area contributed by atoms with Gasteiger partial charge in [0.05, 0.1) is 17.6 Å². The lowest BCUT2D eigenvalue weighted by atomic mass is 9.67. The number of aliphatic hydroxyl groups excluding tert-OH is 2. The summed E-state index contributed by atoms with van der Waals surface area (Å²) in [4.78, 5) is 15.7. The monoisotopic (exact) mass is 832 g/mol. The van der Waals surface area contributed by atoms with Crippen LogP contribution in [0.15, 0.2) is 157 Å². The van der Waals surface area contributed by atoms with Crippen LogP contribution in [0.4, 0.5) is 5.95 Å². The van der Waals surface area contributed by atoms with E-state index in [2.05, 4.69) is 125 Å². The van der Waals surface area contributed by atoms with E-state index in [0.29, 0.717) is 47.3 Å². The second kappa shape index (κ2) is 18.3. The van der Waals surface area contributed by atoms with E-state index in [1.165, 1.54) is 56.9 Å². The molecule has 2 atom stereocenters. The van der Waals surface area contributed by atoms with Crippen LogP contribution in [0.3, 0.4) is 0 Å². The largest absolute Gasteiger partial charge is 0.491 e. The van der Waals surface area contributed by atoms with Crippen molar-refractivity contribution in [2.75, 3.05) is 43.2 Å². The maximum Gasteiger partial charge on any atom is 0.230 e. The Kier molecular flexibility index (Phi) is 12.5. The molecule has 7 aromatic rings. The van der Waals surface area contributed by atoms with E-state index in [0.717, 1.165) is 27.3 Å². The molecule has 1 aromatic heterocycles. The Labute approximate surface area is 360 Å². The van der Waals surface area contributed by atoms with E-state index in [-0.39, 0.29) is 13.2 Å². The van der Waals surface area contributed by atoms with Crippen molar-refractivity contribution in [2.24, 2.45) is 0 Å². The number of ether oxygens (including phenoxy) is 2. The molecule has 0 radical (unpaired) electrons. The van der Waals surface area contributed by atoms with Crippen molar-refractivity contribution in [2.45, 2.75) is 41.3 Å². The minimum absolute atomic E-state index is 0.121. The van der Waals surface area contributed by atoms with Gasteiger partial charge in [-0.3, -0.25) is 0 Å². The molecule has 60 heavy (non-hydrogen) atoms. The number of aliphatic hydroxyl groups is 2. The molecule has 0 fully saturated rings. The summed E-state index contributed by atoms with van der Waals surface area (Å²) in [6.07, 6.45) is 4.94. The summed E-state index contributed by atoms with van der Waals surface area (Å²) in [5.74, 6) is 2.34. The highest BCUT2D eigenvalue weighted by molar-refractivity contribution is 7.99. The zero-order valence-electron chi connectivity index (χ0n) is 33.8. The Morgan fingerprint density at radius 1 is 0.650 bits per heavy atom. The maximum atomic E-state index is 11.0. The smallest absolute Gasteiger partial charge is 0.230 e. The lowest BCUT2D eigenvalue weighted by Crippen LogP contribution is -2.28. The van der Waals surface area contributed by atoms with E-state index in [1.807, 2.05) is 42.3 Å². The topological polar surface area (TPSA) is 101 Å². The van der Waals surface area contributed by atoms with Gasteiger partial charge in [-0.15, -0.1) is 13.2 Å². The molecule has 10 heteroatoms. The third kappa shape index (κ3) is 8.25. The van der Waals surface area contributed by atoms with Gasteiger partial charge in [0.1, 0.15) is 24.7 Å². The van der Waals surface area contributed by atoms with Crippen LogP contribution in [0.2, 0.25) is 0 Å². The third-order valence-electron chi connectivity index (χ3n) is 10.9. The van der Waals surface area contributed by atoms with Crippen molar-refractivity contribution >= 4 is 51.0 Å².